The monoisotopic (exact) mass is 730 g/mol. The van der Waals surface area contributed by atoms with E-state index in [9.17, 15) is 5.26 Å². The van der Waals surface area contributed by atoms with Crippen molar-refractivity contribution in [2.45, 2.75) is 15.2 Å². The van der Waals surface area contributed by atoms with Crippen LogP contribution < -0.4 is 0 Å². The third kappa shape index (κ3) is 3.94. The molecule has 1 unspecified atom stereocenters. The smallest absolute Gasteiger partial charge is 0.188 e. The Morgan fingerprint density at radius 3 is 2.02 bits per heavy atom. The Hall–Kier alpha value is -7.45. The Morgan fingerprint density at radius 2 is 1.21 bits per heavy atom. The molecule has 6 nitrogen and oxygen atoms in total. The van der Waals surface area contributed by atoms with Gasteiger partial charge in [-0.3, -0.25) is 9.97 Å². The lowest BCUT2D eigenvalue weighted by molar-refractivity contribution is 0.718. The average molecular weight is 731 g/mol. The van der Waals surface area contributed by atoms with Gasteiger partial charge in [-0.05, 0) is 94.9 Å². The van der Waals surface area contributed by atoms with Crippen LogP contribution in [0.25, 0.3) is 71.2 Å². The maximum atomic E-state index is 9.75. The minimum atomic E-state index is -0.684. The van der Waals surface area contributed by atoms with Crippen molar-refractivity contribution in [3.8, 4) is 28.8 Å². The summed E-state index contributed by atoms with van der Waals surface area (Å²) in [5.74, 6) is 0. The Balaban J connectivity index is 1.15. The molecule has 1 aliphatic heterocycles. The van der Waals surface area contributed by atoms with Crippen molar-refractivity contribution >= 4 is 61.1 Å². The maximum absolute atomic E-state index is 9.75. The van der Waals surface area contributed by atoms with Crippen LogP contribution >= 0.6 is 11.8 Å². The molecule has 0 fully saturated rings. The number of hydrogen-bond acceptors (Lipinski definition) is 4. The Kier molecular flexibility index (Phi) is 6.24. The molecule has 4 aromatic heterocycles. The molecule has 1 atom stereocenters. The molecule has 2 aliphatic rings. The third-order valence-corrected chi connectivity index (χ3v) is 12.8. The molecule has 258 valence electrons. The molecule has 0 N–H and O–H groups in total. The highest BCUT2D eigenvalue weighted by molar-refractivity contribution is 7.99. The SMILES string of the molecule is [C-]#[N+]c1ccc2c(c1)c1ccccc1n2-c1cnc2c(c1)C1(c3ccccc3Sc3cc(-n4c5ccccc5c5cc(C#N)ccc54)ccc31)c1cccnc1-2. The third-order valence-electron chi connectivity index (χ3n) is 11.7. The number of benzene rings is 6. The molecule has 1 aliphatic carbocycles. The summed E-state index contributed by atoms with van der Waals surface area (Å²) in [4.78, 5) is 16.4. The molecule has 0 radical (unpaired) electrons. The first-order valence-corrected chi connectivity index (χ1v) is 19.2. The predicted octanol–water partition coefficient (Wildman–Crippen LogP) is 11.9. The van der Waals surface area contributed by atoms with E-state index in [0.29, 0.717) is 11.3 Å². The maximum Gasteiger partial charge on any atom is 0.188 e. The molecule has 7 heteroatoms. The number of nitrogens with zero attached hydrogens (tertiary/aromatic N) is 6. The predicted molar refractivity (Wildman–Crippen MR) is 223 cm³/mol. The largest absolute Gasteiger partial charge is 0.309 e. The molecular weight excluding hydrogens is 705 g/mol. The molecule has 12 rings (SSSR count). The van der Waals surface area contributed by atoms with E-state index in [-0.39, 0.29) is 0 Å². The first-order chi connectivity index (χ1) is 27.7. The van der Waals surface area contributed by atoms with Gasteiger partial charge in [0.1, 0.15) is 0 Å². The number of rotatable bonds is 2. The van der Waals surface area contributed by atoms with Gasteiger partial charge in [-0.15, -0.1) is 0 Å². The van der Waals surface area contributed by atoms with E-state index in [0.717, 1.165) is 82.4 Å². The molecule has 0 saturated heterocycles. The fraction of sp³-hybridized carbons (Fsp3) is 0.0204. The van der Waals surface area contributed by atoms with Crippen LogP contribution in [0.1, 0.15) is 27.8 Å². The average Bonchev–Trinajstić information content (AvgIpc) is 3.87. The van der Waals surface area contributed by atoms with Crippen LogP contribution in [0.2, 0.25) is 0 Å². The summed E-state index contributed by atoms with van der Waals surface area (Å²) in [5.41, 5.74) is 13.2. The molecule has 6 aromatic carbocycles. The van der Waals surface area contributed by atoms with Gasteiger partial charge in [0.25, 0.3) is 0 Å². The van der Waals surface area contributed by atoms with Crippen LogP contribution in [-0.4, -0.2) is 19.1 Å². The van der Waals surface area contributed by atoms with E-state index in [1.54, 1.807) is 11.8 Å². The second kappa shape index (κ2) is 11.3. The van der Waals surface area contributed by atoms with Crippen LogP contribution in [0.4, 0.5) is 5.69 Å². The van der Waals surface area contributed by atoms with Gasteiger partial charge in [0.2, 0.25) is 0 Å². The van der Waals surface area contributed by atoms with Crippen molar-refractivity contribution in [3.63, 3.8) is 0 Å². The van der Waals surface area contributed by atoms with E-state index in [1.807, 2.05) is 42.7 Å². The lowest BCUT2D eigenvalue weighted by atomic mass is 9.67. The first-order valence-electron chi connectivity index (χ1n) is 18.4. The normalized spacial score (nSPS) is 15.1. The van der Waals surface area contributed by atoms with Gasteiger partial charge in [-0.1, -0.05) is 84.6 Å². The quantitative estimate of drug-likeness (QED) is 0.166. The molecule has 10 aromatic rings. The minimum absolute atomic E-state index is 0.619. The fourth-order valence-electron chi connectivity index (χ4n) is 9.48. The molecule has 5 heterocycles. The molecule has 0 bridgehead atoms. The number of aromatic nitrogens is 4. The van der Waals surface area contributed by atoms with Crippen molar-refractivity contribution < 1.29 is 0 Å². The summed E-state index contributed by atoms with van der Waals surface area (Å²) >= 11 is 1.80. The second-order valence-corrected chi connectivity index (χ2v) is 15.5. The topological polar surface area (TPSA) is 63.8 Å². The van der Waals surface area contributed by atoms with Crippen LogP contribution in [0, 0.1) is 17.9 Å². The van der Waals surface area contributed by atoms with Crippen LogP contribution in [0.3, 0.4) is 0 Å². The van der Waals surface area contributed by atoms with Gasteiger partial charge in [-0.2, -0.15) is 5.26 Å². The van der Waals surface area contributed by atoms with Gasteiger partial charge in [-0.25, -0.2) is 4.85 Å². The van der Waals surface area contributed by atoms with Crippen molar-refractivity contribution in [1.29, 1.82) is 5.26 Å². The van der Waals surface area contributed by atoms with Gasteiger partial charge in [0.05, 0.1) is 69.0 Å². The summed E-state index contributed by atoms with van der Waals surface area (Å²) in [6.45, 7) is 7.70. The number of nitriles is 1. The van der Waals surface area contributed by atoms with Crippen molar-refractivity contribution in [1.82, 2.24) is 19.1 Å². The van der Waals surface area contributed by atoms with Crippen LogP contribution in [0.5, 0.6) is 0 Å². The van der Waals surface area contributed by atoms with Gasteiger partial charge >= 0.3 is 0 Å². The fourth-order valence-corrected chi connectivity index (χ4v) is 10.7. The molecular formula is C49H26N6S. The highest BCUT2D eigenvalue weighted by atomic mass is 32.2. The highest BCUT2D eigenvalue weighted by Crippen LogP contribution is 2.62. The van der Waals surface area contributed by atoms with E-state index in [2.05, 4.69) is 135 Å². The zero-order chi connectivity index (χ0) is 37.1. The van der Waals surface area contributed by atoms with Crippen LogP contribution in [-0.2, 0) is 5.41 Å². The summed E-state index contributed by atoms with van der Waals surface area (Å²) < 4.78 is 4.60. The minimum Gasteiger partial charge on any atom is -0.309 e. The summed E-state index contributed by atoms with van der Waals surface area (Å²) in [5, 5.41) is 14.1. The molecule has 0 saturated carbocycles. The number of pyridine rings is 2. The lowest BCUT2D eigenvalue weighted by Crippen LogP contribution is -2.32. The molecule has 1 spiro atoms. The zero-order valence-corrected chi connectivity index (χ0v) is 30.4. The number of para-hydroxylation sites is 2. The first kappa shape index (κ1) is 31.0. The molecule has 0 amide bonds. The van der Waals surface area contributed by atoms with E-state index >= 15 is 0 Å². The number of hydrogen-bond donors (Lipinski definition) is 0. The Morgan fingerprint density at radius 1 is 0.554 bits per heavy atom. The van der Waals surface area contributed by atoms with E-state index < -0.39 is 5.41 Å². The standard InChI is InChI=1S/C49H26N6S/c1-51-30-17-21-44-36(24-30)34-10-3-6-14-42(34)55(44)32-25-40-48(53-28-32)47-39(12-8-22-52-47)49(40)37-11-4-7-15-45(37)56-46-26-31(18-19-38(46)49)54-41-13-5-2-9-33(41)35-23-29(27-50)16-20-43(35)54/h2-26,28H. The van der Waals surface area contributed by atoms with Crippen molar-refractivity contribution in [3.05, 3.63) is 197 Å². The van der Waals surface area contributed by atoms with Gasteiger partial charge in [0.15, 0.2) is 5.69 Å². The van der Waals surface area contributed by atoms with Crippen molar-refractivity contribution in [2.75, 3.05) is 0 Å². The molecule has 56 heavy (non-hydrogen) atoms. The van der Waals surface area contributed by atoms with E-state index in [1.165, 1.54) is 16.0 Å². The summed E-state index contributed by atoms with van der Waals surface area (Å²) in [6, 6.07) is 53.3. The lowest BCUT2D eigenvalue weighted by Gasteiger charge is -2.39. The Labute approximate surface area is 325 Å². The van der Waals surface area contributed by atoms with Gasteiger partial charge < -0.3 is 9.13 Å². The van der Waals surface area contributed by atoms with E-state index in [4.69, 9.17) is 16.5 Å². The second-order valence-electron chi connectivity index (χ2n) is 14.4. The summed E-state index contributed by atoms with van der Waals surface area (Å²) in [6.07, 6.45) is 3.84. The zero-order valence-electron chi connectivity index (χ0n) is 29.6. The van der Waals surface area contributed by atoms with Crippen LogP contribution in [0.15, 0.2) is 168 Å². The summed E-state index contributed by atoms with van der Waals surface area (Å²) in [7, 11) is 0. The number of fused-ring (bicyclic) bond motifs is 15. The Bertz CT molecular complexity index is 3450. The highest BCUT2D eigenvalue weighted by Gasteiger charge is 2.52. The van der Waals surface area contributed by atoms with Crippen molar-refractivity contribution in [2.24, 2.45) is 0 Å². The van der Waals surface area contributed by atoms with Gasteiger partial charge in [0, 0.05) is 43.4 Å².